The summed E-state index contributed by atoms with van der Waals surface area (Å²) in [5.41, 5.74) is 4.78. The van der Waals surface area contributed by atoms with Crippen molar-refractivity contribution in [1.82, 2.24) is 10.2 Å². The predicted octanol–water partition coefficient (Wildman–Crippen LogP) is 2.15. The van der Waals surface area contributed by atoms with Gasteiger partial charge in [-0.05, 0) is 32.2 Å². The Hall–Kier alpha value is -1.60. The minimum absolute atomic E-state index is 0.116. The van der Waals surface area contributed by atoms with Crippen molar-refractivity contribution in [2.75, 3.05) is 13.1 Å². The number of ether oxygens (including phenoxy) is 1. The fourth-order valence-electron chi connectivity index (χ4n) is 1.39. The molecule has 3 amide bonds. The second-order valence-electron chi connectivity index (χ2n) is 5.16. The second kappa shape index (κ2) is 7.25. The molecular formula is C13H21N3O3S. The van der Waals surface area contributed by atoms with E-state index in [4.69, 9.17) is 10.5 Å². The third kappa shape index (κ3) is 5.58. The van der Waals surface area contributed by atoms with Crippen LogP contribution in [-0.2, 0) is 11.3 Å². The summed E-state index contributed by atoms with van der Waals surface area (Å²) in [7, 11) is 0. The highest BCUT2D eigenvalue weighted by Crippen LogP contribution is 2.11. The first kappa shape index (κ1) is 16.5. The van der Waals surface area contributed by atoms with Crippen molar-refractivity contribution in [3.63, 3.8) is 0 Å². The molecule has 112 valence electrons. The summed E-state index contributed by atoms with van der Waals surface area (Å²) in [6.45, 7) is 5.91. The Morgan fingerprint density at radius 3 is 2.65 bits per heavy atom. The Balaban J connectivity index is 2.59. The summed E-state index contributed by atoms with van der Waals surface area (Å²) in [5, 5.41) is 4.60. The summed E-state index contributed by atoms with van der Waals surface area (Å²) < 4.78 is 5.18. The van der Waals surface area contributed by atoms with Gasteiger partial charge in [0.1, 0.15) is 5.60 Å². The smallest absolute Gasteiger partial charge is 0.418 e. The van der Waals surface area contributed by atoms with Gasteiger partial charge in [0.15, 0.2) is 0 Å². The van der Waals surface area contributed by atoms with Gasteiger partial charge in [-0.15, -0.1) is 11.3 Å². The number of carbonyl (C=O) groups is 2. The second-order valence-corrected chi connectivity index (χ2v) is 6.19. The molecule has 0 spiro atoms. The first-order chi connectivity index (χ1) is 9.33. The van der Waals surface area contributed by atoms with Crippen LogP contribution in [0.15, 0.2) is 17.5 Å². The Bertz CT molecular complexity index is 440. The molecule has 0 fully saturated rings. The molecule has 3 N–H and O–H groups in total. The topological polar surface area (TPSA) is 84.7 Å². The number of thiophene rings is 1. The highest BCUT2D eigenvalue weighted by molar-refractivity contribution is 7.09. The van der Waals surface area contributed by atoms with Crippen LogP contribution in [0.2, 0.25) is 0 Å². The van der Waals surface area contributed by atoms with Gasteiger partial charge < -0.3 is 15.8 Å². The lowest BCUT2D eigenvalue weighted by Crippen LogP contribution is -2.47. The van der Waals surface area contributed by atoms with Crippen molar-refractivity contribution in [3.05, 3.63) is 22.4 Å². The third-order valence-electron chi connectivity index (χ3n) is 2.21. The Kier molecular flexibility index (Phi) is 5.97. The number of hydrogen-bond acceptors (Lipinski definition) is 5. The quantitative estimate of drug-likeness (QED) is 0.892. The first-order valence-electron chi connectivity index (χ1n) is 6.34. The van der Waals surface area contributed by atoms with E-state index in [2.05, 4.69) is 5.32 Å². The van der Waals surface area contributed by atoms with E-state index in [-0.39, 0.29) is 13.1 Å². The largest absolute Gasteiger partial charge is 0.443 e. The van der Waals surface area contributed by atoms with Gasteiger partial charge in [0.25, 0.3) is 0 Å². The summed E-state index contributed by atoms with van der Waals surface area (Å²) in [6.07, 6.45) is -0.688. The fraction of sp³-hybridized carbons (Fsp3) is 0.538. The van der Waals surface area contributed by atoms with Crippen LogP contribution in [0.25, 0.3) is 0 Å². The van der Waals surface area contributed by atoms with Crippen molar-refractivity contribution in [2.45, 2.75) is 32.9 Å². The zero-order valence-corrected chi connectivity index (χ0v) is 12.8. The number of nitrogens with zero attached hydrogens (tertiary/aromatic N) is 1. The molecule has 0 radical (unpaired) electrons. The van der Waals surface area contributed by atoms with Crippen LogP contribution in [0.4, 0.5) is 9.59 Å². The van der Waals surface area contributed by atoms with E-state index < -0.39 is 17.7 Å². The SMILES string of the molecule is CC(C)(C)OC(=O)N(CCN)C(=O)NCc1cccs1. The molecule has 0 aliphatic rings. The number of imide groups is 1. The minimum Gasteiger partial charge on any atom is -0.443 e. The van der Waals surface area contributed by atoms with E-state index in [9.17, 15) is 9.59 Å². The third-order valence-corrected chi connectivity index (χ3v) is 3.08. The van der Waals surface area contributed by atoms with E-state index in [1.165, 1.54) is 11.3 Å². The lowest BCUT2D eigenvalue weighted by atomic mass is 10.2. The van der Waals surface area contributed by atoms with Crippen molar-refractivity contribution >= 4 is 23.5 Å². The Morgan fingerprint density at radius 1 is 1.45 bits per heavy atom. The Morgan fingerprint density at radius 2 is 2.15 bits per heavy atom. The van der Waals surface area contributed by atoms with Crippen molar-refractivity contribution in [3.8, 4) is 0 Å². The number of rotatable bonds is 4. The standard InChI is InChI=1S/C13H21N3O3S/c1-13(2,3)19-12(18)16(7-6-14)11(17)15-9-10-5-4-8-20-10/h4-5,8H,6-7,9,14H2,1-3H3,(H,15,17). The highest BCUT2D eigenvalue weighted by atomic mass is 32.1. The summed E-state index contributed by atoms with van der Waals surface area (Å²) in [6, 6.07) is 3.31. The molecule has 1 aromatic rings. The lowest BCUT2D eigenvalue weighted by Gasteiger charge is -2.25. The van der Waals surface area contributed by atoms with E-state index in [1.54, 1.807) is 20.8 Å². The number of nitrogens with two attached hydrogens (primary N) is 1. The van der Waals surface area contributed by atoms with Gasteiger partial charge >= 0.3 is 12.1 Å². The van der Waals surface area contributed by atoms with Gasteiger partial charge in [0.05, 0.1) is 6.54 Å². The predicted molar refractivity (Wildman–Crippen MR) is 78.5 cm³/mol. The fourth-order valence-corrected chi connectivity index (χ4v) is 2.04. The first-order valence-corrected chi connectivity index (χ1v) is 7.22. The van der Waals surface area contributed by atoms with E-state index in [1.807, 2.05) is 17.5 Å². The van der Waals surface area contributed by atoms with Crippen LogP contribution >= 0.6 is 11.3 Å². The molecule has 0 aliphatic heterocycles. The molecule has 0 aromatic carbocycles. The van der Waals surface area contributed by atoms with Gasteiger partial charge in [-0.2, -0.15) is 0 Å². The zero-order chi connectivity index (χ0) is 15.2. The van der Waals surface area contributed by atoms with Gasteiger partial charge in [0.2, 0.25) is 0 Å². The average Bonchev–Trinajstić information content (AvgIpc) is 2.83. The molecule has 20 heavy (non-hydrogen) atoms. The molecule has 1 rings (SSSR count). The minimum atomic E-state index is -0.688. The summed E-state index contributed by atoms with van der Waals surface area (Å²) >= 11 is 1.53. The van der Waals surface area contributed by atoms with Crippen LogP contribution < -0.4 is 11.1 Å². The summed E-state index contributed by atoms with van der Waals surface area (Å²) in [4.78, 5) is 26.0. The van der Waals surface area contributed by atoms with Crippen LogP contribution in [0, 0.1) is 0 Å². The molecule has 1 aromatic heterocycles. The maximum absolute atomic E-state index is 12.0. The van der Waals surface area contributed by atoms with E-state index in [0.717, 1.165) is 9.78 Å². The van der Waals surface area contributed by atoms with Gasteiger partial charge in [-0.25, -0.2) is 14.5 Å². The molecule has 0 aliphatic carbocycles. The number of urea groups is 1. The Labute approximate surface area is 122 Å². The van der Waals surface area contributed by atoms with Crippen molar-refractivity contribution in [1.29, 1.82) is 0 Å². The van der Waals surface area contributed by atoms with Crippen molar-refractivity contribution < 1.29 is 14.3 Å². The van der Waals surface area contributed by atoms with Gasteiger partial charge in [-0.1, -0.05) is 6.07 Å². The normalized spacial score (nSPS) is 11.0. The molecule has 0 unspecified atom stereocenters. The highest BCUT2D eigenvalue weighted by Gasteiger charge is 2.26. The van der Waals surface area contributed by atoms with Crippen LogP contribution in [0.5, 0.6) is 0 Å². The van der Waals surface area contributed by atoms with Crippen LogP contribution in [-0.4, -0.2) is 35.7 Å². The van der Waals surface area contributed by atoms with E-state index >= 15 is 0 Å². The molecule has 1 heterocycles. The zero-order valence-electron chi connectivity index (χ0n) is 12.0. The van der Waals surface area contributed by atoms with Gasteiger partial charge in [0, 0.05) is 18.0 Å². The number of hydrogen-bond donors (Lipinski definition) is 2. The average molecular weight is 299 g/mol. The van der Waals surface area contributed by atoms with Gasteiger partial charge in [-0.3, -0.25) is 0 Å². The number of carbonyl (C=O) groups excluding carboxylic acids is 2. The molecule has 6 nitrogen and oxygen atoms in total. The van der Waals surface area contributed by atoms with Crippen LogP contribution in [0.3, 0.4) is 0 Å². The molecule has 0 bridgehead atoms. The van der Waals surface area contributed by atoms with E-state index in [0.29, 0.717) is 6.54 Å². The lowest BCUT2D eigenvalue weighted by molar-refractivity contribution is 0.0325. The molecular weight excluding hydrogens is 278 g/mol. The summed E-state index contributed by atoms with van der Waals surface area (Å²) in [5.74, 6) is 0. The number of nitrogens with one attached hydrogen (secondary N) is 1. The van der Waals surface area contributed by atoms with Crippen LogP contribution in [0.1, 0.15) is 25.6 Å². The molecule has 0 atom stereocenters. The number of amides is 3. The molecule has 0 saturated heterocycles. The maximum atomic E-state index is 12.0. The van der Waals surface area contributed by atoms with Crippen molar-refractivity contribution in [2.24, 2.45) is 5.73 Å². The maximum Gasteiger partial charge on any atom is 0.418 e. The molecule has 0 saturated carbocycles. The monoisotopic (exact) mass is 299 g/mol. The molecule has 7 heteroatoms.